The average molecular weight is 409 g/mol. The second-order valence-corrected chi connectivity index (χ2v) is 7.46. The lowest BCUT2D eigenvalue weighted by molar-refractivity contribution is -0.137. The molecule has 0 radical (unpaired) electrons. The SMILES string of the molecule is COc1ccc(/C=C2\SC(=S)N(C(C)C(=O)NCCCC(=O)O)C2=O)cc1. The monoisotopic (exact) mass is 408 g/mol. The van der Waals surface area contributed by atoms with Gasteiger partial charge in [-0.3, -0.25) is 19.3 Å². The van der Waals surface area contributed by atoms with Crippen LogP contribution in [0.3, 0.4) is 0 Å². The second-order valence-electron chi connectivity index (χ2n) is 5.79. The maximum absolute atomic E-state index is 12.7. The molecule has 0 aliphatic carbocycles. The van der Waals surface area contributed by atoms with Gasteiger partial charge in [0.1, 0.15) is 16.1 Å². The number of carboxylic acids is 1. The summed E-state index contributed by atoms with van der Waals surface area (Å²) >= 11 is 6.41. The number of methoxy groups -OCH3 is 1. The van der Waals surface area contributed by atoms with Gasteiger partial charge in [0, 0.05) is 13.0 Å². The summed E-state index contributed by atoms with van der Waals surface area (Å²) in [4.78, 5) is 37.1. The Morgan fingerprint density at radius 2 is 2.04 bits per heavy atom. The highest BCUT2D eigenvalue weighted by atomic mass is 32.2. The lowest BCUT2D eigenvalue weighted by Crippen LogP contribution is -2.47. The summed E-state index contributed by atoms with van der Waals surface area (Å²) in [7, 11) is 1.58. The van der Waals surface area contributed by atoms with Crippen molar-refractivity contribution >= 4 is 52.2 Å². The average Bonchev–Trinajstić information content (AvgIpc) is 2.91. The molecule has 0 aromatic heterocycles. The van der Waals surface area contributed by atoms with Gasteiger partial charge < -0.3 is 15.2 Å². The number of aliphatic carboxylic acids is 1. The summed E-state index contributed by atoms with van der Waals surface area (Å²) in [5.41, 5.74) is 0.821. The molecule has 1 unspecified atom stereocenters. The van der Waals surface area contributed by atoms with Gasteiger partial charge in [-0.1, -0.05) is 36.1 Å². The number of carbonyl (C=O) groups excluding carboxylic acids is 2. The summed E-state index contributed by atoms with van der Waals surface area (Å²) in [6.07, 6.45) is 2.01. The van der Waals surface area contributed by atoms with E-state index in [0.717, 1.165) is 17.3 Å². The highest BCUT2D eigenvalue weighted by Crippen LogP contribution is 2.34. The van der Waals surface area contributed by atoms with Crippen LogP contribution in [0, 0.1) is 0 Å². The van der Waals surface area contributed by atoms with E-state index in [4.69, 9.17) is 22.1 Å². The number of hydrogen-bond donors (Lipinski definition) is 2. The van der Waals surface area contributed by atoms with E-state index < -0.39 is 12.0 Å². The van der Waals surface area contributed by atoms with Crippen LogP contribution in [0.4, 0.5) is 0 Å². The fourth-order valence-electron chi connectivity index (χ4n) is 2.38. The van der Waals surface area contributed by atoms with Crippen molar-refractivity contribution in [3.8, 4) is 5.75 Å². The number of carboxylic acid groups (broad SMARTS) is 1. The minimum atomic E-state index is -0.919. The Morgan fingerprint density at radius 1 is 1.37 bits per heavy atom. The number of ether oxygens (including phenoxy) is 1. The molecule has 0 bridgehead atoms. The molecule has 2 rings (SSSR count). The molecule has 1 aromatic carbocycles. The molecule has 144 valence electrons. The van der Waals surface area contributed by atoms with E-state index in [1.165, 1.54) is 4.90 Å². The van der Waals surface area contributed by atoms with Crippen LogP contribution in [0.15, 0.2) is 29.2 Å². The Labute approximate surface area is 166 Å². The predicted molar refractivity (Wildman–Crippen MR) is 107 cm³/mol. The largest absolute Gasteiger partial charge is 0.497 e. The van der Waals surface area contributed by atoms with Crippen molar-refractivity contribution < 1.29 is 24.2 Å². The van der Waals surface area contributed by atoms with Crippen LogP contribution >= 0.6 is 24.0 Å². The summed E-state index contributed by atoms with van der Waals surface area (Å²) < 4.78 is 5.42. The number of hydrogen-bond acceptors (Lipinski definition) is 6. The first-order valence-corrected chi connectivity index (χ1v) is 9.46. The van der Waals surface area contributed by atoms with Crippen molar-refractivity contribution in [2.24, 2.45) is 0 Å². The summed E-state index contributed by atoms with van der Waals surface area (Å²) in [6, 6.07) is 6.46. The highest BCUT2D eigenvalue weighted by molar-refractivity contribution is 8.26. The summed E-state index contributed by atoms with van der Waals surface area (Å²) in [5, 5.41) is 11.2. The number of amides is 2. The lowest BCUT2D eigenvalue weighted by Gasteiger charge is -2.22. The lowest BCUT2D eigenvalue weighted by atomic mass is 10.2. The van der Waals surface area contributed by atoms with Crippen molar-refractivity contribution in [3.63, 3.8) is 0 Å². The third-order valence-corrected chi connectivity index (χ3v) is 5.20. The standard InChI is InChI=1S/C18H20N2O5S2/c1-11(16(23)19-9-3-4-15(21)22)20-17(24)14(27-18(20)26)10-12-5-7-13(25-2)8-6-12/h5-8,10-11H,3-4,9H2,1-2H3,(H,19,23)(H,21,22)/b14-10-. The van der Waals surface area contributed by atoms with E-state index >= 15 is 0 Å². The second kappa shape index (κ2) is 9.52. The zero-order valence-corrected chi connectivity index (χ0v) is 16.6. The number of thiocarbonyl (C=S) groups is 1. The van der Waals surface area contributed by atoms with E-state index in [1.54, 1.807) is 32.2 Å². The number of carbonyl (C=O) groups is 3. The van der Waals surface area contributed by atoms with Crippen molar-refractivity contribution in [1.82, 2.24) is 10.2 Å². The van der Waals surface area contributed by atoms with Gasteiger partial charge in [-0.05, 0) is 37.1 Å². The molecule has 0 spiro atoms. The minimum absolute atomic E-state index is 0.0275. The number of benzene rings is 1. The minimum Gasteiger partial charge on any atom is -0.497 e. The Bertz CT molecular complexity index is 776. The molecule has 1 aliphatic rings. The molecule has 1 atom stereocenters. The first kappa shape index (κ1) is 20.9. The number of nitrogens with zero attached hydrogens (tertiary/aromatic N) is 1. The van der Waals surface area contributed by atoms with Gasteiger partial charge in [-0.15, -0.1) is 0 Å². The van der Waals surface area contributed by atoms with Crippen LogP contribution in [-0.4, -0.2) is 51.8 Å². The number of rotatable bonds is 8. The van der Waals surface area contributed by atoms with E-state index in [1.807, 2.05) is 12.1 Å². The molecule has 9 heteroatoms. The normalized spacial score (nSPS) is 16.5. The Hall–Kier alpha value is -2.39. The number of thioether (sulfide) groups is 1. The summed E-state index contributed by atoms with van der Waals surface area (Å²) in [5.74, 6) is -0.901. The first-order chi connectivity index (χ1) is 12.8. The Morgan fingerprint density at radius 3 is 2.63 bits per heavy atom. The van der Waals surface area contributed by atoms with Crippen molar-refractivity contribution in [3.05, 3.63) is 34.7 Å². The molecule has 7 nitrogen and oxygen atoms in total. The van der Waals surface area contributed by atoms with E-state index in [0.29, 0.717) is 21.4 Å². The van der Waals surface area contributed by atoms with Gasteiger partial charge in [0.25, 0.3) is 5.91 Å². The van der Waals surface area contributed by atoms with Gasteiger partial charge in [0.05, 0.1) is 12.0 Å². The topological polar surface area (TPSA) is 95.9 Å². The molecular weight excluding hydrogens is 388 g/mol. The molecule has 0 saturated carbocycles. The molecule has 1 heterocycles. The predicted octanol–water partition coefficient (Wildman–Crippen LogP) is 2.27. The third kappa shape index (κ3) is 5.54. The molecule has 2 amide bonds. The highest BCUT2D eigenvalue weighted by Gasteiger charge is 2.38. The quantitative estimate of drug-likeness (QED) is 0.387. The molecule has 27 heavy (non-hydrogen) atoms. The first-order valence-electron chi connectivity index (χ1n) is 8.24. The summed E-state index contributed by atoms with van der Waals surface area (Å²) in [6.45, 7) is 1.82. The van der Waals surface area contributed by atoms with Gasteiger partial charge in [-0.2, -0.15) is 0 Å². The van der Waals surface area contributed by atoms with E-state index in [9.17, 15) is 14.4 Å². The van der Waals surface area contributed by atoms with E-state index in [-0.39, 0.29) is 24.8 Å². The fraction of sp³-hybridized carbons (Fsp3) is 0.333. The molecule has 1 fully saturated rings. The van der Waals surface area contributed by atoms with E-state index in [2.05, 4.69) is 5.32 Å². The molecular formula is C18H20N2O5S2. The fourth-order valence-corrected chi connectivity index (χ4v) is 3.80. The zero-order valence-electron chi connectivity index (χ0n) is 14.9. The van der Waals surface area contributed by atoms with Crippen LogP contribution in [0.1, 0.15) is 25.3 Å². The Kier molecular flexibility index (Phi) is 7.37. The number of nitrogens with one attached hydrogen (secondary N) is 1. The van der Waals surface area contributed by atoms with Gasteiger partial charge in [-0.25, -0.2) is 0 Å². The van der Waals surface area contributed by atoms with Crippen molar-refractivity contribution in [1.29, 1.82) is 0 Å². The molecule has 2 N–H and O–H groups in total. The van der Waals surface area contributed by atoms with Crippen molar-refractivity contribution in [2.45, 2.75) is 25.8 Å². The molecule has 1 aromatic rings. The zero-order chi connectivity index (χ0) is 20.0. The van der Waals surface area contributed by atoms with Gasteiger partial charge in [0.15, 0.2) is 0 Å². The van der Waals surface area contributed by atoms with Crippen LogP contribution < -0.4 is 10.1 Å². The maximum Gasteiger partial charge on any atom is 0.303 e. The maximum atomic E-state index is 12.7. The van der Waals surface area contributed by atoms with Gasteiger partial charge >= 0.3 is 5.97 Å². The van der Waals surface area contributed by atoms with Crippen LogP contribution in [0.25, 0.3) is 6.08 Å². The molecule has 1 saturated heterocycles. The molecule has 1 aliphatic heterocycles. The van der Waals surface area contributed by atoms with Crippen LogP contribution in [-0.2, 0) is 14.4 Å². The smallest absolute Gasteiger partial charge is 0.303 e. The third-order valence-electron chi connectivity index (χ3n) is 3.87. The Balaban J connectivity index is 2.02. The van der Waals surface area contributed by atoms with Gasteiger partial charge in [0.2, 0.25) is 5.91 Å². The van der Waals surface area contributed by atoms with Crippen molar-refractivity contribution in [2.75, 3.05) is 13.7 Å². The van der Waals surface area contributed by atoms with Crippen LogP contribution in [0.2, 0.25) is 0 Å². The van der Waals surface area contributed by atoms with Crippen LogP contribution in [0.5, 0.6) is 5.75 Å².